The summed E-state index contributed by atoms with van der Waals surface area (Å²) in [5.41, 5.74) is 1.91. The highest BCUT2D eigenvalue weighted by Gasteiger charge is 2.09. The lowest BCUT2D eigenvalue weighted by atomic mass is 10.2. The number of anilines is 1. The molecule has 2 aromatic carbocycles. The maximum atomic E-state index is 12.0. The molecule has 0 saturated heterocycles. The molecule has 0 saturated carbocycles. The largest absolute Gasteiger partial charge is 0.506 e. The van der Waals surface area contributed by atoms with Crippen LogP contribution < -0.4 is 5.32 Å². The Balaban J connectivity index is 1.79. The smallest absolute Gasteiger partial charge is 0.291 e. The van der Waals surface area contributed by atoms with E-state index >= 15 is 0 Å². The third-order valence-electron chi connectivity index (χ3n) is 3.26. The number of nitrogens with zero attached hydrogens (tertiary/aromatic N) is 1. The number of phenolic OH excluding ortho intramolecular Hbond substituents is 1. The van der Waals surface area contributed by atoms with Crippen LogP contribution >= 0.6 is 45.2 Å². The van der Waals surface area contributed by atoms with Gasteiger partial charge in [-0.05, 0) is 87.6 Å². The van der Waals surface area contributed by atoms with Gasteiger partial charge >= 0.3 is 0 Å². The summed E-state index contributed by atoms with van der Waals surface area (Å²) in [6, 6.07) is 14.1. The Morgan fingerprint density at radius 2 is 2.00 bits per heavy atom. The average molecular weight is 558 g/mol. The maximum absolute atomic E-state index is 12.0. The Morgan fingerprint density at radius 1 is 1.16 bits per heavy atom. The lowest BCUT2D eigenvalue weighted by molar-refractivity contribution is 0.0996. The van der Waals surface area contributed by atoms with Crippen LogP contribution in [0.25, 0.3) is 0 Å². The van der Waals surface area contributed by atoms with E-state index in [0.717, 1.165) is 7.14 Å². The number of carbonyl (C=O) groups is 1. The molecular weight excluding hydrogens is 546 g/mol. The first-order chi connectivity index (χ1) is 12.0. The summed E-state index contributed by atoms with van der Waals surface area (Å²) in [4.78, 5) is 16.4. The lowest BCUT2D eigenvalue weighted by Crippen LogP contribution is -2.10. The van der Waals surface area contributed by atoms with Crippen molar-refractivity contribution in [1.29, 1.82) is 0 Å². The van der Waals surface area contributed by atoms with E-state index in [1.807, 2.05) is 18.2 Å². The van der Waals surface area contributed by atoms with Gasteiger partial charge in [-0.25, -0.2) is 0 Å². The number of aliphatic imine (C=N–C) groups is 1. The maximum Gasteiger partial charge on any atom is 0.291 e. The van der Waals surface area contributed by atoms with Crippen LogP contribution in [0.15, 0.2) is 64.2 Å². The van der Waals surface area contributed by atoms with Crippen LogP contribution in [0, 0.1) is 7.14 Å². The number of aromatic hydroxyl groups is 1. The number of hydrogen-bond donors (Lipinski definition) is 2. The molecule has 126 valence electrons. The van der Waals surface area contributed by atoms with Gasteiger partial charge in [0.1, 0.15) is 5.75 Å². The molecule has 1 aromatic heterocycles. The van der Waals surface area contributed by atoms with Crippen molar-refractivity contribution < 1.29 is 14.3 Å². The minimum atomic E-state index is -0.323. The third-order valence-corrected chi connectivity index (χ3v) is 4.70. The SMILES string of the molecule is O=C(Nc1cccc(N=Cc2cc(I)cc(I)c2O)c1)c1ccco1. The molecule has 0 unspecified atom stereocenters. The summed E-state index contributed by atoms with van der Waals surface area (Å²) >= 11 is 4.27. The molecule has 3 aromatic rings. The Hall–Kier alpha value is -1.88. The van der Waals surface area contributed by atoms with E-state index < -0.39 is 0 Å². The van der Waals surface area contributed by atoms with Crippen LogP contribution in [-0.2, 0) is 0 Å². The summed E-state index contributed by atoms with van der Waals surface area (Å²) in [6.07, 6.45) is 3.05. The highest BCUT2D eigenvalue weighted by Crippen LogP contribution is 2.26. The normalized spacial score (nSPS) is 11.0. The molecule has 0 aliphatic heterocycles. The molecule has 0 atom stereocenters. The van der Waals surface area contributed by atoms with Crippen molar-refractivity contribution in [2.75, 3.05) is 5.32 Å². The molecule has 0 aliphatic carbocycles. The first kappa shape index (κ1) is 17.9. The van der Waals surface area contributed by atoms with E-state index in [2.05, 4.69) is 55.5 Å². The number of furan rings is 1. The van der Waals surface area contributed by atoms with Crippen molar-refractivity contribution in [3.63, 3.8) is 0 Å². The molecule has 1 heterocycles. The first-order valence-electron chi connectivity index (χ1n) is 7.20. The minimum absolute atomic E-state index is 0.201. The van der Waals surface area contributed by atoms with Crippen molar-refractivity contribution in [2.45, 2.75) is 0 Å². The topological polar surface area (TPSA) is 74.8 Å². The fourth-order valence-electron chi connectivity index (χ4n) is 2.09. The summed E-state index contributed by atoms with van der Waals surface area (Å²) in [5.74, 6) is 0.121. The highest BCUT2D eigenvalue weighted by atomic mass is 127. The van der Waals surface area contributed by atoms with Crippen molar-refractivity contribution >= 4 is 68.7 Å². The summed E-state index contributed by atoms with van der Waals surface area (Å²) < 4.78 is 6.85. The van der Waals surface area contributed by atoms with Gasteiger partial charge in [-0.3, -0.25) is 9.79 Å². The predicted molar refractivity (Wildman–Crippen MR) is 114 cm³/mol. The van der Waals surface area contributed by atoms with Gasteiger partial charge in [-0.1, -0.05) is 6.07 Å². The molecule has 0 radical (unpaired) electrons. The van der Waals surface area contributed by atoms with E-state index in [4.69, 9.17) is 4.42 Å². The number of amides is 1. The number of halogens is 2. The quantitative estimate of drug-likeness (QED) is 0.342. The molecule has 0 bridgehead atoms. The zero-order valence-electron chi connectivity index (χ0n) is 12.7. The Morgan fingerprint density at radius 3 is 2.76 bits per heavy atom. The number of phenols is 1. The minimum Gasteiger partial charge on any atom is -0.506 e. The van der Waals surface area contributed by atoms with Crippen LogP contribution in [0.4, 0.5) is 11.4 Å². The van der Waals surface area contributed by atoms with Gasteiger partial charge in [0.2, 0.25) is 0 Å². The van der Waals surface area contributed by atoms with Crippen molar-refractivity contribution in [2.24, 2.45) is 4.99 Å². The van der Waals surface area contributed by atoms with Crippen molar-refractivity contribution in [3.05, 3.63) is 73.3 Å². The number of rotatable bonds is 4. The predicted octanol–water partition coefficient (Wildman–Crippen LogP) is 5.20. The van der Waals surface area contributed by atoms with E-state index in [0.29, 0.717) is 16.9 Å². The first-order valence-corrected chi connectivity index (χ1v) is 9.35. The molecule has 7 heteroatoms. The average Bonchev–Trinajstić information content (AvgIpc) is 3.12. The molecule has 2 N–H and O–H groups in total. The molecule has 5 nitrogen and oxygen atoms in total. The lowest BCUT2D eigenvalue weighted by Gasteiger charge is -2.05. The summed E-state index contributed by atoms with van der Waals surface area (Å²) in [6.45, 7) is 0. The van der Waals surface area contributed by atoms with Gasteiger partial charge in [0.05, 0.1) is 15.5 Å². The van der Waals surface area contributed by atoms with E-state index in [1.54, 1.807) is 36.5 Å². The molecule has 0 spiro atoms. The molecular formula is C18H12I2N2O3. The number of hydrogen-bond acceptors (Lipinski definition) is 4. The number of nitrogens with one attached hydrogen (secondary N) is 1. The standard InChI is InChI=1S/C18H12I2N2O3/c19-12-7-11(17(23)15(20)8-12)10-21-13-3-1-4-14(9-13)22-18(24)16-5-2-6-25-16/h1-10,23H,(H,22,24). The van der Waals surface area contributed by atoms with Gasteiger partial charge in [-0.15, -0.1) is 0 Å². The monoisotopic (exact) mass is 558 g/mol. The summed E-state index contributed by atoms with van der Waals surface area (Å²) in [7, 11) is 0. The molecule has 25 heavy (non-hydrogen) atoms. The highest BCUT2D eigenvalue weighted by molar-refractivity contribution is 14.1. The fourth-order valence-corrected chi connectivity index (χ4v) is 3.98. The number of carbonyl (C=O) groups excluding carboxylic acids is 1. The zero-order valence-corrected chi connectivity index (χ0v) is 17.1. The van der Waals surface area contributed by atoms with Gasteiger partial charge in [0.25, 0.3) is 5.91 Å². The van der Waals surface area contributed by atoms with Crippen molar-refractivity contribution in [3.8, 4) is 5.75 Å². The van der Waals surface area contributed by atoms with Crippen molar-refractivity contribution in [1.82, 2.24) is 0 Å². The van der Waals surface area contributed by atoms with Crippen LogP contribution in [-0.4, -0.2) is 17.2 Å². The molecule has 0 fully saturated rings. The van der Waals surface area contributed by atoms with Gasteiger partial charge in [0, 0.05) is 21.0 Å². The molecule has 3 rings (SSSR count). The fraction of sp³-hybridized carbons (Fsp3) is 0. The summed E-state index contributed by atoms with van der Waals surface area (Å²) in [5, 5.41) is 12.9. The van der Waals surface area contributed by atoms with E-state index in [9.17, 15) is 9.90 Å². The van der Waals surface area contributed by atoms with Crippen LogP contribution in [0.2, 0.25) is 0 Å². The van der Waals surface area contributed by atoms with Gasteiger partial charge in [0.15, 0.2) is 5.76 Å². The van der Waals surface area contributed by atoms with Crippen LogP contribution in [0.3, 0.4) is 0 Å². The zero-order chi connectivity index (χ0) is 17.8. The second-order valence-corrected chi connectivity index (χ2v) is 7.47. The third kappa shape index (κ3) is 4.60. The molecule has 1 amide bonds. The Bertz CT molecular complexity index is 937. The second-order valence-electron chi connectivity index (χ2n) is 5.07. The van der Waals surface area contributed by atoms with E-state index in [-0.39, 0.29) is 17.4 Å². The van der Waals surface area contributed by atoms with Crippen LogP contribution in [0.1, 0.15) is 16.1 Å². The molecule has 0 aliphatic rings. The van der Waals surface area contributed by atoms with Gasteiger partial charge in [-0.2, -0.15) is 0 Å². The van der Waals surface area contributed by atoms with E-state index in [1.165, 1.54) is 6.26 Å². The van der Waals surface area contributed by atoms with Gasteiger partial charge < -0.3 is 14.8 Å². The Kier molecular flexibility index (Phi) is 5.74. The van der Waals surface area contributed by atoms with Crippen LogP contribution in [0.5, 0.6) is 5.75 Å². The second kappa shape index (κ2) is 8.00. The number of benzene rings is 2. The Labute approximate surface area is 171 Å².